The fourth-order valence-electron chi connectivity index (χ4n) is 0.987. The van der Waals surface area contributed by atoms with Crippen molar-refractivity contribution in [1.29, 1.82) is 0 Å². The summed E-state index contributed by atoms with van der Waals surface area (Å²) in [6.45, 7) is 7.48. The molecule has 58 valence electrons. The van der Waals surface area contributed by atoms with E-state index in [4.69, 9.17) is 0 Å². The maximum atomic E-state index is 9.51. The summed E-state index contributed by atoms with van der Waals surface area (Å²) >= 11 is 0. The van der Waals surface area contributed by atoms with Crippen LogP contribution < -0.4 is 0 Å². The van der Waals surface area contributed by atoms with E-state index in [-0.39, 0.29) is 0 Å². The van der Waals surface area contributed by atoms with Crippen LogP contribution in [0.25, 0.3) is 6.08 Å². The third kappa shape index (κ3) is 1.27. The van der Waals surface area contributed by atoms with Crippen molar-refractivity contribution in [3.05, 3.63) is 35.4 Å². The second-order valence-electron chi connectivity index (χ2n) is 2.65. The number of hydrogen-bond acceptors (Lipinski definition) is 1. The molecule has 1 heteroatoms. The minimum absolute atomic E-state index is 0.347. The Bertz CT molecular complexity index is 287. The first-order valence-corrected chi connectivity index (χ1v) is 3.58. The topological polar surface area (TPSA) is 20.2 Å². The van der Waals surface area contributed by atoms with Gasteiger partial charge in [0.05, 0.1) is 0 Å². The zero-order valence-corrected chi connectivity index (χ0v) is 6.89. The maximum absolute atomic E-state index is 9.51. The Hall–Kier alpha value is -1.24. The summed E-state index contributed by atoms with van der Waals surface area (Å²) in [7, 11) is 0. The standard InChI is InChI=1S/C10H12O/c1-4-9-6-5-7(2)8(3)10(9)11/h4-6,11H,1H2,2-3H3. The van der Waals surface area contributed by atoms with Gasteiger partial charge in [0.15, 0.2) is 0 Å². The molecule has 1 rings (SSSR count). The predicted octanol–water partition coefficient (Wildman–Crippen LogP) is 2.65. The van der Waals surface area contributed by atoms with E-state index in [0.717, 1.165) is 16.7 Å². The van der Waals surface area contributed by atoms with Crippen LogP contribution in [-0.2, 0) is 0 Å². The highest BCUT2D eigenvalue weighted by Gasteiger charge is 2.02. The van der Waals surface area contributed by atoms with Crippen molar-refractivity contribution in [3.63, 3.8) is 0 Å². The van der Waals surface area contributed by atoms with Crippen LogP contribution in [0.5, 0.6) is 5.75 Å². The molecule has 0 spiro atoms. The molecule has 0 amide bonds. The number of aryl methyl sites for hydroxylation is 1. The smallest absolute Gasteiger partial charge is 0.125 e. The average Bonchev–Trinajstić information content (AvgIpc) is 2.01. The van der Waals surface area contributed by atoms with Gasteiger partial charge < -0.3 is 5.11 Å². The lowest BCUT2D eigenvalue weighted by molar-refractivity contribution is 0.469. The van der Waals surface area contributed by atoms with E-state index in [9.17, 15) is 5.11 Å². The van der Waals surface area contributed by atoms with Crippen LogP contribution in [0, 0.1) is 13.8 Å². The maximum Gasteiger partial charge on any atom is 0.125 e. The Morgan fingerprint density at radius 3 is 2.55 bits per heavy atom. The van der Waals surface area contributed by atoms with Gasteiger partial charge in [0.1, 0.15) is 5.75 Å². The molecular formula is C10H12O. The van der Waals surface area contributed by atoms with Crippen molar-refractivity contribution < 1.29 is 5.11 Å². The van der Waals surface area contributed by atoms with Gasteiger partial charge in [-0.05, 0) is 25.0 Å². The van der Waals surface area contributed by atoms with E-state index >= 15 is 0 Å². The third-order valence-corrected chi connectivity index (χ3v) is 1.95. The summed E-state index contributed by atoms with van der Waals surface area (Å²) in [4.78, 5) is 0. The van der Waals surface area contributed by atoms with Crippen LogP contribution in [0.3, 0.4) is 0 Å². The molecule has 0 radical (unpaired) electrons. The third-order valence-electron chi connectivity index (χ3n) is 1.95. The highest BCUT2D eigenvalue weighted by molar-refractivity contribution is 5.59. The first-order chi connectivity index (χ1) is 5.16. The van der Waals surface area contributed by atoms with Crippen LogP contribution in [0.2, 0.25) is 0 Å². The average molecular weight is 148 g/mol. The lowest BCUT2D eigenvalue weighted by Gasteiger charge is -2.05. The number of hydrogen-bond donors (Lipinski definition) is 1. The lowest BCUT2D eigenvalue weighted by atomic mass is 10.0. The van der Waals surface area contributed by atoms with Gasteiger partial charge in [-0.2, -0.15) is 0 Å². The van der Waals surface area contributed by atoms with Crippen molar-refractivity contribution >= 4 is 6.08 Å². The molecule has 0 aliphatic carbocycles. The van der Waals surface area contributed by atoms with Gasteiger partial charge in [0.25, 0.3) is 0 Å². The molecule has 1 N–H and O–H groups in total. The molecular weight excluding hydrogens is 136 g/mol. The molecule has 0 aromatic heterocycles. The lowest BCUT2D eigenvalue weighted by Crippen LogP contribution is -1.83. The molecule has 1 aromatic rings. The van der Waals surface area contributed by atoms with Gasteiger partial charge >= 0.3 is 0 Å². The van der Waals surface area contributed by atoms with Crippen molar-refractivity contribution in [2.45, 2.75) is 13.8 Å². The molecule has 0 fully saturated rings. The van der Waals surface area contributed by atoms with Gasteiger partial charge in [-0.3, -0.25) is 0 Å². The summed E-state index contributed by atoms with van der Waals surface area (Å²) in [5.41, 5.74) is 2.84. The molecule has 0 aliphatic heterocycles. The molecule has 0 saturated carbocycles. The Morgan fingerprint density at radius 2 is 2.00 bits per heavy atom. The number of rotatable bonds is 1. The van der Waals surface area contributed by atoms with Crippen molar-refractivity contribution in [2.24, 2.45) is 0 Å². The molecule has 0 atom stereocenters. The van der Waals surface area contributed by atoms with Gasteiger partial charge in [0.2, 0.25) is 0 Å². The Kier molecular flexibility index (Phi) is 1.99. The molecule has 0 saturated heterocycles. The zero-order valence-electron chi connectivity index (χ0n) is 6.89. The summed E-state index contributed by atoms with van der Waals surface area (Å²) in [6.07, 6.45) is 1.65. The highest BCUT2D eigenvalue weighted by atomic mass is 16.3. The van der Waals surface area contributed by atoms with Crippen LogP contribution in [0.4, 0.5) is 0 Å². The van der Waals surface area contributed by atoms with Gasteiger partial charge in [-0.1, -0.05) is 24.8 Å². The molecule has 0 aliphatic rings. The van der Waals surface area contributed by atoms with E-state index in [1.807, 2.05) is 26.0 Å². The number of aromatic hydroxyl groups is 1. The summed E-state index contributed by atoms with van der Waals surface area (Å²) in [5, 5.41) is 9.51. The van der Waals surface area contributed by atoms with Crippen LogP contribution in [-0.4, -0.2) is 5.11 Å². The summed E-state index contributed by atoms with van der Waals surface area (Å²) < 4.78 is 0. The molecule has 11 heavy (non-hydrogen) atoms. The second kappa shape index (κ2) is 2.79. The van der Waals surface area contributed by atoms with Crippen molar-refractivity contribution in [1.82, 2.24) is 0 Å². The fraction of sp³-hybridized carbons (Fsp3) is 0.200. The van der Waals surface area contributed by atoms with E-state index in [1.54, 1.807) is 6.08 Å². The van der Waals surface area contributed by atoms with Crippen LogP contribution in [0.1, 0.15) is 16.7 Å². The summed E-state index contributed by atoms with van der Waals surface area (Å²) in [5.74, 6) is 0.347. The first kappa shape index (κ1) is 7.86. The fourth-order valence-corrected chi connectivity index (χ4v) is 0.987. The van der Waals surface area contributed by atoms with E-state index in [2.05, 4.69) is 6.58 Å². The Morgan fingerprint density at radius 1 is 1.36 bits per heavy atom. The van der Waals surface area contributed by atoms with Gasteiger partial charge in [-0.15, -0.1) is 0 Å². The minimum atomic E-state index is 0.347. The minimum Gasteiger partial charge on any atom is -0.507 e. The molecule has 0 bridgehead atoms. The SMILES string of the molecule is C=Cc1ccc(C)c(C)c1O. The Balaban J connectivity index is 3.36. The number of phenols is 1. The highest BCUT2D eigenvalue weighted by Crippen LogP contribution is 2.25. The number of phenolic OH excluding ortho intramolecular Hbond substituents is 1. The molecule has 1 nitrogen and oxygen atoms in total. The van der Waals surface area contributed by atoms with Crippen molar-refractivity contribution in [2.75, 3.05) is 0 Å². The molecule has 1 aromatic carbocycles. The van der Waals surface area contributed by atoms with Crippen LogP contribution in [0.15, 0.2) is 18.7 Å². The molecule has 0 heterocycles. The van der Waals surface area contributed by atoms with Crippen molar-refractivity contribution in [3.8, 4) is 5.75 Å². The summed E-state index contributed by atoms with van der Waals surface area (Å²) in [6, 6.07) is 3.84. The van der Waals surface area contributed by atoms with Gasteiger partial charge in [-0.25, -0.2) is 0 Å². The predicted molar refractivity (Wildman–Crippen MR) is 47.7 cm³/mol. The quantitative estimate of drug-likeness (QED) is 0.649. The van der Waals surface area contributed by atoms with Gasteiger partial charge in [0, 0.05) is 5.56 Å². The largest absolute Gasteiger partial charge is 0.507 e. The van der Waals surface area contributed by atoms with E-state index in [1.165, 1.54) is 0 Å². The molecule has 0 unspecified atom stereocenters. The van der Waals surface area contributed by atoms with Crippen LogP contribution >= 0.6 is 0 Å². The normalized spacial score (nSPS) is 9.64. The first-order valence-electron chi connectivity index (χ1n) is 3.58. The second-order valence-corrected chi connectivity index (χ2v) is 2.65. The monoisotopic (exact) mass is 148 g/mol. The van der Waals surface area contributed by atoms with E-state index < -0.39 is 0 Å². The van der Waals surface area contributed by atoms with E-state index in [0.29, 0.717) is 5.75 Å². The number of benzene rings is 1. The zero-order chi connectivity index (χ0) is 8.43. The Labute approximate surface area is 67.0 Å².